The van der Waals surface area contributed by atoms with Crippen molar-refractivity contribution >= 4 is 5.82 Å². The Morgan fingerprint density at radius 2 is 1.79 bits per heavy atom. The Balaban J connectivity index is 1.64. The van der Waals surface area contributed by atoms with E-state index in [9.17, 15) is 22.8 Å². The fourth-order valence-corrected chi connectivity index (χ4v) is 3.42. The van der Waals surface area contributed by atoms with Crippen molar-refractivity contribution in [1.29, 1.82) is 0 Å². The summed E-state index contributed by atoms with van der Waals surface area (Å²) < 4.78 is 41.6. The number of anilines is 1. The first-order chi connectivity index (χ1) is 15.3. The minimum absolute atomic E-state index is 0.172. The number of hydrogen-bond donors (Lipinski definition) is 1. The lowest BCUT2D eigenvalue weighted by atomic mass is 9.95. The van der Waals surface area contributed by atoms with Crippen molar-refractivity contribution in [3.8, 4) is 0 Å². The Hall–Kier alpha value is -2.95. The largest absolute Gasteiger partial charge is 0.433 e. The second-order valence-corrected chi connectivity index (χ2v) is 9.26. The van der Waals surface area contributed by atoms with Crippen molar-refractivity contribution in [3.63, 3.8) is 0 Å². The summed E-state index contributed by atoms with van der Waals surface area (Å²) in [4.78, 5) is 37.4. The van der Waals surface area contributed by atoms with Crippen LogP contribution < -0.4 is 16.1 Å². The first-order valence-electron chi connectivity index (χ1n) is 10.7. The Kier molecular flexibility index (Phi) is 7.11. The highest BCUT2D eigenvalue weighted by Crippen LogP contribution is 2.32. The monoisotopic (exact) mass is 466 g/mol. The molecule has 3 rings (SSSR count). The molecular formula is C22H29F3N6O2. The fourth-order valence-electron chi connectivity index (χ4n) is 3.42. The Morgan fingerprint density at radius 1 is 1.12 bits per heavy atom. The molecule has 8 nitrogen and oxygen atoms in total. The molecule has 2 aromatic heterocycles. The van der Waals surface area contributed by atoms with Crippen LogP contribution in [0.25, 0.3) is 0 Å². The van der Waals surface area contributed by atoms with Gasteiger partial charge >= 0.3 is 11.9 Å². The van der Waals surface area contributed by atoms with Crippen molar-refractivity contribution in [2.45, 2.75) is 45.8 Å². The molecule has 1 aliphatic heterocycles. The smallest absolute Gasteiger partial charge is 0.354 e. The molecule has 0 radical (unpaired) electrons. The van der Waals surface area contributed by atoms with Crippen LogP contribution >= 0.6 is 0 Å². The molecule has 1 aliphatic rings. The van der Waals surface area contributed by atoms with Crippen molar-refractivity contribution in [2.75, 3.05) is 37.6 Å². The van der Waals surface area contributed by atoms with E-state index in [4.69, 9.17) is 0 Å². The predicted octanol–water partition coefficient (Wildman–Crippen LogP) is 2.41. The van der Waals surface area contributed by atoms with Crippen molar-refractivity contribution < 1.29 is 13.2 Å². The molecule has 180 valence electrons. The van der Waals surface area contributed by atoms with Crippen LogP contribution in [0.1, 0.15) is 39.2 Å². The number of halogens is 3. The van der Waals surface area contributed by atoms with E-state index in [1.807, 2.05) is 17.9 Å². The van der Waals surface area contributed by atoms with Crippen LogP contribution in [0.3, 0.4) is 0 Å². The average Bonchev–Trinajstić information content (AvgIpc) is 2.73. The highest BCUT2D eigenvalue weighted by molar-refractivity contribution is 5.42. The van der Waals surface area contributed by atoms with Crippen LogP contribution in [0.2, 0.25) is 0 Å². The van der Waals surface area contributed by atoms with E-state index in [1.165, 1.54) is 16.8 Å². The maximum absolute atomic E-state index is 13.4. The summed E-state index contributed by atoms with van der Waals surface area (Å²) in [6.07, 6.45) is -1.06. The third-order valence-corrected chi connectivity index (χ3v) is 5.38. The molecule has 0 atom stereocenters. The third-order valence-electron chi connectivity index (χ3n) is 5.38. The standard InChI is InChI=1S/C22H29F3N6O2/c1-15(14-31-8-6-18(32)28-20(31)33)5-7-29-9-11-30(12-10-29)17-13-16(22(23,24)25)26-19(27-17)21(2,3)4/h5-6,8,13H,7,9-12,14H2,1-4H3,(H,28,32,33)/b15-5+. The van der Waals surface area contributed by atoms with E-state index in [2.05, 4.69) is 19.9 Å². The second kappa shape index (κ2) is 9.50. The lowest BCUT2D eigenvalue weighted by Gasteiger charge is -2.35. The lowest BCUT2D eigenvalue weighted by Crippen LogP contribution is -2.47. The van der Waals surface area contributed by atoms with E-state index in [0.29, 0.717) is 45.1 Å². The van der Waals surface area contributed by atoms with Gasteiger partial charge in [-0.3, -0.25) is 19.2 Å². The number of allylic oxidation sites excluding steroid dienone is 1. The number of piperazine rings is 1. The maximum Gasteiger partial charge on any atom is 0.433 e. The minimum Gasteiger partial charge on any atom is -0.354 e. The molecule has 33 heavy (non-hydrogen) atoms. The molecule has 0 aromatic carbocycles. The van der Waals surface area contributed by atoms with Gasteiger partial charge in [0.25, 0.3) is 5.56 Å². The predicted molar refractivity (Wildman–Crippen MR) is 119 cm³/mol. The summed E-state index contributed by atoms with van der Waals surface area (Å²) in [5.74, 6) is 0.469. The summed E-state index contributed by atoms with van der Waals surface area (Å²) >= 11 is 0. The summed E-state index contributed by atoms with van der Waals surface area (Å²) in [6, 6.07) is 2.33. The van der Waals surface area contributed by atoms with E-state index in [1.54, 1.807) is 20.8 Å². The second-order valence-electron chi connectivity index (χ2n) is 9.26. The quantitative estimate of drug-likeness (QED) is 0.681. The summed E-state index contributed by atoms with van der Waals surface area (Å²) in [6.45, 7) is 10.7. The molecule has 0 unspecified atom stereocenters. The van der Waals surface area contributed by atoms with Gasteiger partial charge in [-0.1, -0.05) is 32.4 Å². The van der Waals surface area contributed by atoms with Gasteiger partial charge in [0, 0.05) is 63.0 Å². The minimum atomic E-state index is -4.53. The van der Waals surface area contributed by atoms with Crippen LogP contribution in [0.4, 0.5) is 19.0 Å². The summed E-state index contributed by atoms with van der Waals surface area (Å²) in [5, 5.41) is 0. The first-order valence-corrected chi connectivity index (χ1v) is 10.7. The molecule has 11 heteroatoms. The van der Waals surface area contributed by atoms with Gasteiger partial charge < -0.3 is 4.90 Å². The molecule has 1 saturated heterocycles. The molecule has 1 fully saturated rings. The summed E-state index contributed by atoms with van der Waals surface area (Å²) in [7, 11) is 0. The average molecular weight is 467 g/mol. The number of hydrogen-bond acceptors (Lipinski definition) is 6. The molecule has 0 bridgehead atoms. The van der Waals surface area contributed by atoms with Gasteiger partial charge in [-0.25, -0.2) is 14.8 Å². The molecule has 1 N–H and O–H groups in total. The van der Waals surface area contributed by atoms with Gasteiger partial charge in [-0.05, 0) is 6.92 Å². The number of rotatable bonds is 5. The zero-order valence-corrected chi connectivity index (χ0v) is 19.2. The van der Waals surface area contributed by atoms with Gasteiger partial charge in [0.15, 0.2) is 0 Å². The van der Waals surface area contributed by atoms with Crippen LogP contribution in [-0.2, 0) is 18.1 Å². The van der Waals surface area contributed by atoms with Crippen molar-refractivity contribution in [3.05, 3.63) is 62.3 Å². The van der Waals surface area contributed by atoms with Gasteiger partial charge in [0.1, 0.15) is 17.3 Å². The lowest BCUT2D eigenvalue weighted by molar-refractivity contribution is -0.141. The molecule has 2 aromatic rings. The van der Waals surface area contributed by atoms with E-state index in [0.717, 1.165) is 11.6 Å². The van der Waals surface area contributed by atoms with Crippen LogP contribution in [0, 0.1) is 0 Å². The van der Waals surface area contributed by atoms with Crippen LogP contribution in [0.5, 0.6) is 0 Å². The number of nitrogens with zero attached hydrogens (tertiary/aromatic N) is 5. The highest BCUT2D eigenvalue weighted by Gasteiger charge is 2.35. The zero-order valence-electron chi connectivity index (χ0n) is 19.2. The maximum atomic E-state index is 13.4. The summed E-state index contributed by atoms with van der Waals surface area (Å²) in [5.41, 5.74) is -1.45. The Labute approximate surface area is 189 Å². The molecule has 0 aliphatic carbocycles. The van der Waals surface area contributed by atoms with Crippen molar-refractivity contribution in [2.24, 2.45) is 0 Å². The zero-order chi connectivity index (χ0) is 24.4. The number of alkyl halides is 3. The van der Waals surface area contributed by atoms with Gasteiger partial charge in [0.2, 0.25) is 0 Å². The van der Waals surface area contributed by atoms with Crippen LogP contribution in [0.15, 0.2) is 39.6 Å². The Bertz CT molecular complexity index is 1090. The van der Waals surface area contributed by atoms with Gasteiger partial charge in [-0.15, -0.1) is 0 Å². The number of aromatic amines is 1. The van der Waals surface area contributed by atoms with E-state index < -0.39 is 28.5 Å². The normalized spacial score (nSPS) is 16.3. The SMILES string of the molecule is C/C(=C\CN1CCN(c2cc(C(F)(F)F)nc(C(C)(C)C)n2)CC1)Cn1ccc(=O)[nH]c1=O. The number of nitrogens with one attached hydrogen (secondary N) is 1. The van der Waals surface area contributed by atoms with E-state index >= 15 is 0 Å². The molecular weight excluding hydrogens is 437 g/mol. The van der Waals surface area contributed by atoms with Crippen molar-refractivity contribution in [1.82, 2.24) is 24.4 Å². The third kappa shape index (κ3) is 6.53. The highest BCUT2D eigenvalue weighted by atomic mass is 19.4. The van der Waals surface area contributed by atoms with Gasteiger partial charge in [-0.2, -0.15) is 13.2 Å². The first kappa shape index (κ1) is 24.7. The Morgan fingerprint density at radius 3 is 2.36 bits per heavy atom. The van der Waals surface area contributed by atoms with Crippen LogP contribution in [-0.4, -0.2) is 57.1 Å². The molecule has 3 heterocycles. The molecule has 0 spiro atoms. The van der Waals surface area contributed by atoms with Gasteiger partial charge in [0.05, 0.1) is 0 Å². The molecule has 0 amide bonds. The molecule has 0 saturated carbocycles. The number of H-pyrrole nitrogens is 1. The van der Waals surface area contributed by atoms with E-state index in [-0.39, 0.29) is 5.82 Å². The number of aromatic nitrogens is 4. The fraction of sp³-hybridized carbons (Fsp3) is 0.545. The topological polar surface area (TPSA) is 87.1 Å².